The summed E-state index contributed by atoms with van der Waals surface area (Å²) in [6.45, 7) is 14.4. The Morgan fingerprint density at radius 1 is 0.671 bits per heavy atom. The number of benzene rings is 2. The number of rotatable bonds is 17. The van der Waals surface area contributed by atoms with E-state index >= 15 is 4.79 Å². The monoisotopic (exact) mass is 1170 g/mol. The van der Waals surface area contributed by atoms with E-state index < -0.39 is 188 Å². The van der Waals surface area contributed by atoms with Crippen LogP contribution in [0.1, 0.15) is 116 Å². The fourth-order valence-electron chi connectivity index (χ4n) is 12.0. The van der Waals surface area contributed by atoms with Gasteiger partial charge >= 0.3 is 11.9 Å². The minimum Gasteiger partial charge on any atom is -0.507 e. The van der Waals surface area contributed by atoms with Gasteiger partial charge in [0.05, 0.1) is 65.4 Å². The van der Waals surface area contributed by atoms with Gasteiger partial charge in [-0.05, 0) is 84.9 Å². The van der Waals surface area contributed by atoms with Crippen LogP contribution in [0.4, 0.5) is 0 Å². The number of aliphatic hydroxyl groups is 7. The molecule has 6 aliphatic rings. The zero-order valence-corrected chi connectivity index (χ0v) is 47.7. The third-order valence-electron chi connectivity index (χ3n) is 16.5. The third-order valence-corrected chi connectivity index (χ3v) is 16.5. The number of carbonyl (C=O) groups excluding carboxylic acids is 4. The second-order valence-electron chi connectivity index (χ2n) is 22.9. The summed E-state index contributed by atoms with van der Waals surface area (Å²) in [6.07, 6.45) is -27.3. The molecule has 26 heteroatoms. The molecule has 5 saturated heterocycles. The molecule has 0 spiro atoms. The highest BCUT2D eigenvalue weighted by atomic mass is 16.7. The zero-order valence-electron chi connectivity index (χ0n) is 47.7. The Morgan fingerprint density at radius 3 is 1.66 bits per heavy atom. The van der Waals surface area contributed by atoms with Crippen LogP contribution in [0.5, 0.6) is 17.2 Å². The predicted octanol–water partition coefficient (Wildman–Crippen LogP) is 0.892. The molecule has 25 atom stereocenters. The number of hydrogen-bond acceptors (Lipinski definition) is 26. The van der Waals surface area contributed by atoms with Crippen molar-refractivity contribution < 1.29 is 127 Å². The second kappa shape index (κ2) is 25.7. The normalized spacial score (nSPS) is 40.1. The molecule has 1 aliphatic carbocycles. The number of aromatic hydroxyl groups is 2. The Kier molecular flexibility index (Phi) is 20.0. The summed E-state index contributed by atoms with van der Waals surface area (Å²) < 4.78 is 77.5. The van der Waals surface area contributed by atoms with E-state index in [2.05, 4.69) is 0 Å². The first kappa shape index (κ1) is 63.7. The molecular weight excluding hydrogens is 1090 g/mol. The van der Waals surface area contributed by atoms with Crippen LogP contribution in [0, 0.1) is 12.8 Å². The summed E-state index contributed by atoms with van der Waals surface area (Å²) in [4.78, 5) is 53.2. The average molecular weight is 1170 g/mol. The summed E-state index contributed by atoms with van der Waals surface area (Å²) in [5, 5.41) is 101. The summed E-state index contributed by atoms with van der Waals surface area (Å²) in [7, 11) is 1.17. The smallest absolute Gasteiger partial charge is 0.302 e. The lowest BCUT2D eigenvalue weighted by atomic mass is 9.75. The van der Waals surface area contributed by atoms with Gasteiger partial charge in [-0.2, -0.15) is 0 Å². The molecule has 82 heavy (non-hydrogen) atoms. The number of Topliss-reactive ketones (excluding diaryl/α,β-unsaturated/α-hetero) is 2. The molecule has 0 bridgehead atoms. The highest BCUT2D eigenvalue weighted by Crippen LogP contribution is 2.48. The minimum atomic E-state index is -1.95. The molecule has 26 nitrogen and oxygen atoms in total. The lowest BCUT2D eigenvalue weighted by molar-refractivity contribution is -0.334. The van der Waals surface area contributed by atoms with Crippen molar-refractivity contribution >= 4 is 34.3 Å². The van der Waals surface area contributed by atoms with E-state index in [9.17, 15) is 60.3 Å². The van der Waals surface area contributed by atoms with Crippen LogP contribution >= 0.6 is 0 Å². The molecule has 2 aromatic carbocycles. The van der Waals surface area contributed by atoms with Gasteiger partial charge in [0.2, 0.25) is 6.29 Å². The van der Waals surface area contributed by atoms with Gasteiger partial charge in [0.15, 0.2) is 42.8 Å². The Balaban J connectivity index is 1.06. The van der Waals surface area contributed by atoms with Crippen LogP contribution in [0.25, 0.3) is 10.8 Å². The Hall–Kier alpha value is -4.30. The highest BCUT2D eigenvalue weighted by molar-refractivity contribution is 6.11. The van der Waals surface area contributed by atoms with E-state index in [4.69, 9.17) is 61.6 Å². The van der Waals surface area contributed by atoms with Gasteiger partial charge in [-0.3, -0.25) is 19.2 Å². The zero-order chi connectivity index (χ0) is 60.1. The molecule has 0 amide bonds. The van der Waals surface area contributed by atoms with Crippen LogP contribution < -0.4 is 4.74 Å². The van der Waals surface area contributed by atoms with E-state index in [1.54, 1.807) is 27.7 Å². The summed E-state index contributed by atoms with van der Waals surface area (Å²) >= 11 is 0. The average Bonchev–Trinajstić information content (AvgIpc) is 1.89. The standard InChI is InChI=1S/C56H80O26/c1-20-32(78-37-16-34(46(61)22(3)72-37)79-38-15-33(77-28(9)58)45(60)21(2)73-38)14-30-12-29-13-31(53(70-11)52(67)49(64)25(6)71-27(8)57)54(51(66)43(29)50(65)42(30)44(20)59)82-40-18-35(47(62)24(5)75-40)80-39-17-36(48(63)23(4)74-39)81-41-19-56(10,69)55(68)26(7)76-41/h12,14,21-26,31,33-41,45-49,53-55,59-65,68-69H,13,15-19H2,1-11H3/t21?,22?,23?,24?,25-,26?,31+,33-,34-,35-,36-,37+,38+,39+,40+,41+,45-,46-,47-,48+,49+,53+,54+,55-,56+/m1/s1. The molecule has 5 aliphatic heterocycles. The van der Waals surface area contributed by atoms with Crippen LogP contribution in [-0.4, -0.2) is 223 Å². The van der Waals surface area contributed by atoms with Crippen LogP contribution in [0.3, 0.4) is 0 Å². The quantitative estimate of drug-likeness (QED) is 0.0993. The van der Waals surface area contributed by atoms with Crippen molar-refractivity contribution in [2.75, 3.05) is 7.11 Å². The molecule has 0 radical (unpaired) electrons. The Bertz CT molecular complexity index is 2610. The lowest BCUT2D eigenvalue weighted by Gasteiger charge is -2.46. The molecule has 9 N–H and O–H groups in total. The second-order valence-corrected chi connectivity index (χ2v) is 22.9. The number of hydrogen-bond donors (Lipinski definition) is 9. The van der Waals surface area contributed by atoms with Gasteiger partial charge in [-0.25, -0.2) is 0 Å². The maximum atomic E-state index is 15.2. The Labute approximate surface area is 473 Å². The molecule has 2 aromatic rings. The van der Waals surface area contributed by atoms with Gasteiger partial charge in [-0.15, -0.1) is 0 Å². The molecule has 0 saturated carbocycles. The van der Waals surface area contributed by atoms with E-state index in [0.717, 1.165) is 6.92 Å². The first-order chi connectivity index (χ1) is 38.5. The van der Waals surface area contributed by atoms with Crippen molar-refractivity contribution in [1.82, 2.24) is 0 Å². The van der Waals surface area contributed by atoms with Crippen molar-refractivity contribution in [3.8, 4) is 17.2 Å². The van der Waals surface area contributed by atoms with E-state index in [1.807, 2.05) is 0 Å². The summed E-state index contributed by atoms with van der Waals surface area (Å²) in [5.41, 5.74) is -1.56. The minimum absolute atomic E-state index is 0.0315. The van der Waals surface area contributed by atoms with Crippen LogP contribution in [0.15, 0.2) is 12.1 Å². The molecule has 5 fully saturated rings. The van der Waals surface area contributed by atoms with Crippen LogP contribution in [-0.2, 0) is 77.6 Å². The van der Waals surface area contributed by atoms with Crippen molar-refractivity contribution in [2.45, 2.75) is 255 Å². The van der Waals surface area contributed by atoms with Gasteiger partial charge in [0, 0.05) is 64.5 Å². The highest BCUT2D eigenvalue weighted by Gasteiger charge is 2.52. The first-order valence-corrected chi connectivity index (χ1v) is 27.8. The summed E-state index contributed by atoms with van der Waals surface area (Å²) in [5.74, 6) is -5.61. The van der Waals surface area contributed by atoms with E-state index in [1.165, 1.54) is 53.9 Å². The third kappa shape index (κ3) is 13.5. The molecule has 8 rings (SSSR count). The fourth-order valence-corrected chi connectivity index (χ4v) is 12.0. The van der Waals surface area contributed by atoms with Crippen molar-refractivity contribution in [1.29, 1.82) is 0 Å². The van der Waals surface area contributed by atoms with Gasteiger partial charge in [0.1, 0.15) is 72.2 Å². The van der Waals surface area contributed by atoms with E-state index in [0.29, 0.717) is 0 Å². The Morgan fingerprint density at radius 2 is 1.15 bits per heavy atom. The fraction of sp³-hybridized carbons (Fsp3) is 0.750. The molecular formula is C56H80O26. The molecule has 5 unspecified atom stereocenters. The van der Waals surface area contributed by atoms with Gasteiger partial charge in [0.25, 0.3) is 0 Å². The molecule has 460 valence electrons. The molecule has 0 aromatic heterocycles. The predicted molar refractivity (Wildman–Crippen MR) is 278 cm³/mol. The molecule has 5 heterocycles. The van der Waals surface area contributed by atoms with E-state index in [-0.39, 0.29) is 71.7 Å². The van der Waals surface area contributed by atoms with Crippen molar-refractivity contribution in [2.24, 2.45) is 5.92 Å². The number of carbonyl (C=O) groups is 4. The number of ether oxygens (including phenoxy) is 13. The van der Waals surface area contributed by atoms with Crippen molar-refractivity contribution in [3.05, 3.63) is 28.8 Å². The van der Waals surface area contributed by atoms with Gasteiger partial charge in [-0.1, -0.05) is 0 Å². The maximum absolute atomic E-state index is 15.2. The number of phenolic OH excluding ortho intramolecular Hbond substituents is 2. The number of esters is 2. The SMILES string of the molecule is CO[C@H](C(=O)[C@@H](O)[C@@H](C)OC(C)=O)[C@@H]1Cc2cc3cc(O[C@H]4C[C@@H](O[C@H]5C[C@@H](OC(C)=O)[C@H](O)C(C)O5)[C@H](O)C(C)O4)c(C)c(O)c3c(O)c2C(=O)[C@H]1O[C@H]1C[C@@H](O[C@H]2C[C@@H](O[C@H]3C[C@](C)(O)[C@H](O)C(C)O3)[C@@H](O)C(C)O2)[C@H](O)C(C)O1. The summed E-state index contributed by atoms with van der Waals surface area (Å²) in [6, 6.07) is 3.00. The number of phenols is 2. The lowest BCUT2D eigenvalue weighted by Crippen LogP contribution is -2.58. The van der Waals surface area contributed by atoms with Crippen LogP contribution in [0.2, 0.25) is 0 Å². The van der Waals surface area contributed by atoms with Crippen molar-refractivity contribution in [3.63, 3.8) is 0 Å². The number of fused-ring (bicyclic) bond motifs is 2. The van der Waals surface area contributed by atoms with Gasteiger partial charge < -0.3 is 108 Å². The topological polar surface area (TPSA) is 370 Å². The number of methoxy groups -OCH3 is 1. The number of ketones is 2. The number of aliphatic hydroxyl groups excluding tert-OH is 6. The largest absolute Gasteiger partial charge is 0.507 e. The first-order valence-electron chi connectivity index (χ1n) is 27.8. The maximum Gasteiger partial charge on any atom is 0.302 e.